The van der Waals surface area contributed by atoms with E-state index in [0.717, 1.165) is 83.0 Å². The molecule has 2 aromatic rings. The summed E-state index contributed by atoms with van der Waals surface area (Å²) in [4.78, 5) is 30.8. The molecule has 12 heteroatoms. The molecule has 1 amide bonds. The van der Waals surface area contributed by atoms with E-state index in [-0.39, 0.29) is 11.9 Å². The summed E-state index contributed by atoms with van der Waals surface area (Å²) in [7, 11) is 2.20. The van der Waals surface area contributed by atoms with Crippen molar-refractivity contribution in [2.45, 2.75) is 44.4 Å². The Hall–Kier alpha value is -3.84. The quantitative estimate of drug-likeness (QED) is 0.297. The molecular weight excluding hydrogens is 580 g/mol. The van der Waals surface area contributed by atoms with Crippen LogP contribution in [0.4, 0.5) is 11.4 Å². The van der Waals surface area contributed by atoms with Gasteiger partial charge in [0.2, 0.25) is 5.76 Å². The van der Waals surface area contributed by atoms with Gasteiger partial charge in [-0.3, -0.25) is 4.79 Å². The number of aliphatic hydroxyl groups excluding tert-OH is 4. The second-order valence-electron chi connectivity index (χ2n) is 12.0. The summed E-state index contributed by atoms with van der Waals surface area (Å²) in [5.41, 5.74) is 7.59. The van der Waals surface area contributed by atoms with E-state index in [1.54, 1.807) is 0 Å². The molecule has 2 fully saturated rings. The van der Waals surface area contributed by atoms with E-state index < -0.39 is 36.3 Å². The molecule has 0 aromatic heterocycles. The number of benzene rings is 2. The molecule has 6 rings (SSSR count). The molecule has 0 spiro atoms. The van der Waals surface area contributed by atoms with Crippen LogP contribution < -0.4 is 15.1 Å². The molecule has 0 unspecified atom stereocenters. The Kier molecular flexibility index (Phi) is 10.5. The molecule has 0 saturated carbocycles. The molecule has 2 saturated heterocycles. The number of ether oxygens (including phenoxy) is 2. The van der Waals surface area contributed by atoms with Crippen molar-refractivity contribution in [3.8, 4) is 0 Å². The highest BCUT2D eigenvalue weighted by molar-refractivity contribution is 5.94. The van der Waals surface area contributed by atoms with Gasteiger partial charge in [0.25, 0.3) is 5.91 Å². The lowest BCUT2D eigenvalue weighted by Crippen LogP contribution is -2.45. The molecule has 5 N–H and O–H groups in total. The van der Waals surface area contributed by atoms with Gasteiger partial charge in [-0.1, -0.05) is 6.07 Å². The van der Waals surface area contributed by atoms with Gasteiger partial charge in [0.05, 0.1) is 19.8 Å². The first-order chi connectivity index (χ1) is 21.7. The summed E-state index contributed by atoms with van der Waals surface area (Å²) in [6.45, 7) is 9.23. The van der Waals surface area contributed by atoms with Gasteiger partial charge in [0.15, 0.2) is 11.9 Å². The number of aryl methyl sites for hydroxylation is 1. The Bertz CT molecular complexity index is 1380. The first-order valence-corrected chi connectivity index (χ1v) is 15.6. The third kappa shape index (κ3) is 7.52. The number of cyclic esters (lactones) is 1. The van der Waals surface area contributed by atoms with Crippen LogP contribution in [0.15, 0.2) is 47.9 Å². The summed E-state index contributed by atoms with van der Waals surface area (Å²) >= 11 is 0. The first-order valence-electron chi connectivity index (χ1n) is 15.6. The van der Waals surface area contributed by atoms with Crippen LogP contribution in [0.2, 0.25) is 0 Å². The highest BCUT2D eigenvalue weighted by Crippen LogP contribution is 2.33. The van der Waals surface area contributed by atoms with E-state index in [1.165, 1.54) is 22.4 Å². The number of rotatable bonds is 6. The van der Waals surface area contributed by atoms with Gasteiger partial charge in [0, 0.05) is 62.2 Å². The van der Waals surface area contributed by atoms with Crippen molar-refractivity contribution in [1.82, 2.24) is 10.2 Å². The number of aliphatic hydroxyl groups is 4. The molecule has 3 aliphatic heterocycles. The van der Waals surface area contributed by atoms with E-state index in [2.05, 4.69) is 63.0 Å². The maximum Gasteiger partial charge on any atom is 0.377 e. The Morgan fingerprint density at radius 2 is 1.67 bits per heavy atom. The number of morpholine rings is 1. The molecule has 0 bridgehead atoms. The van der Waals surface area contributed by atoms with Crippen LogP contribution in [0.1, 0.15) is 33.5 Å². The highest BCUT2D eigenvalue weighted by Gasteiger charge is 2.38. The van der Waals surface area contributed by atoms with Crippen LogP contribution in [0.3, 0.4) is 0 Å². The van der Waals surface area contributed by atoms with Crippen molar-refractivity contribution >= 4 is 23.3 Å². The average molecular weight is 625 g/mol. The Morgan fingerprint density at radius 3 is 2.29 bits per heavy atom. The number of amides is 1. The van der Waals surface area contributed by atoms with Gasteiger partial charge < -0.3 is 49.9 Å². The summed E-state index contributed by atoms with van der Waals surface area (Å²) < 4.78 is 9.76. The Morgan fingerprint density at radius 1 is 0.978 bits per heavy atom. The van der Waals surface area contributed by atoms with Crippen LogP contribution in [0.25, 0.3) is 0 Å². The summed E-state index contributed by atoms with van der Waals surface area (Å²) in [5, 5.41) is 38.4. The van der Waals surface area contributed by atoms with E-state index in [9.17, 15) is 9.59 Å². The zero-order chi connectivity index (χ0) is 32.1. The average Bonchev–Trinajstić information content (AvgIpc) is 3.33. The molecular formula is C33H44N4O8. The van der Waals surface area contributed by atoms with Crippen molar-refractivity contribution in [1.29, 1.82) is 0 Å². The number of piperazine rings is 1. The minimum Gasteiger partial charge on any atom is -0.505 e. The van der Waals surface area contributed by atoms with Crippen molar-refractivity contribution in [2.24, 2.45) is 0 Å². The predicted molar refractivity (Wildman–Crippen MR) is 169 cm³/mol. The topological polar surface area (TPSA) is 155 Å². The Balaban J connectivity index is 0.000000282. The number of nitrogens with zero attached hydrogens (tertiary/aromatic N) is 3. The number of anilines is 2. The minimum absolute atomic E-state index is 0.0331. The molecule has 3 heterocycles. The molecule has 2 aromatic carbocycles. The van der Waals surface area contributed by atoms with Crippen LogP contribution in [0, 0.1) is 6.92 Å². The highest BCUT2D eigenvalue weighted by atomic mass is 16.6. The van der Waals surface area contributed by atoms with Gasteiger partial charge in [-0.15, -0.1) is 0 Å². The predicted octanol–water partition coefficient (Wildman–Crippen LogP) is 1.46. The molecule has 12 nitrogen and oxygen atoms in total. The molecule has 45 heavy (non-hydrogen) atoms. The third-order valence-corrected chi connectivity index (χ3v) is 8.99. The van der Waals surface area contributed by atoms with Crippen LogP contribution in [-0.2, 0) is 27.1 Å². The number of fused-ring (bicyclic) bond motifs is 1. The van der Waals surface area contributed by atoms with Crippen LogP contribution in [-0.4, -0.2) is 122 Å². The van der Waals surface area contributed by atoms with Crippen LogP contribution in [0.5, 0.6) is 0 Å². The summed E-state index contributed by atoms with van der Waals surface area (Å²) in [6, 6.07) is 12.8. The smallest absolute Gasteiger partial charge is 0.377 e. The largest absolute Gasteiger partial charge is 0.505 e. The number of hydrogen-bond acceptors (Lipinski definition) is 11. The zero-order valence-corrected chi connectivity index (χ0v) is 25.9. The molecule has 0 radical (unpaired) electrons. The standard InChI is InChI=1S/C27H36N4O2.C6H8O6/c1-20-3-10-26(31-13-11-29(2)12-14-31)25-19-22(6-9-24(20)25)28-27(32)21-4-7-23(8-5-21)30-15-17-33-18-16-30;7-1-2(8)5-3(9)4(10)6(11)12-5/h3-5,7-8,10,22H,6,9,11-19H2,1-2H3,(H,28,32);2,5,7-10H,1H2/t22-;2-,5+/m10/s1. The summed E-state index contributed by atoms with van der Waals surface area (Å²) in [5.74, 6) is -2.75. The second kappa shape index (κ2) is 14.5. The van der Waals surface area contributed by atoms with Crippen LogP contribution >= 0.6 is 0 Å². The lowest BCUT2D eigenvalue weighted by Gasteiger charge is -2.37. The SMILES string of the molecule is Cc1ccc(N2CCN(C)CC2)c2c1CC[C@@H](NC(=O)c1ccc(N3CCOCC3)cc1)C2.O=C1O[C@H]([C@@H](O)CO)C(O)=C1O. The maximum atomic E-state index is 13.0. The normalized spacial score (nSPS) is 22.7. The van der Waals surface area contributed by atoms with E-state index in [1.807, 2.05) is 12.1 Å². The fourth-order valence-corrected chi connectivity index (χ4v) is 6.24. The number of hydrogen-bond donors (Lipinski definition) is 5. The van der Waals surface area contributed by atoms with E-state index >= 15 is 0 Å². The summed E-state index contributed by atoms with van der Waals surface area (Å²) in [6.07, 6.45) is 0.165. The minimum atomic E-state index is -1.42. The van der Waals surface area contributed by atoms with Crippen molar-refractivity contribution < 1.29 is 39.5 Å². The van der Waals surface area contributed by atoms with Gasteiger partial charge >= 0.3 is 5.97 Å². The first kappa shape index (κ1) is 32.6. The third-order valence-electron chi connectivity index (χ3n) is 8.99. The zero-order valence-electron chi connectivity index (χ0n) is 25.9. The number of carbonyl (C=O) groups excluding carboxylic acids is 2. The second-order valence-corrected chi connectivity index (χ2v) is 12.0. The fraction of sp³-hybridized carbons (Fsp3) is 0.515. The number of carbonyl (C=O) groups is 2. The lowest BCUT2D eigenvalue weighted by molar-refractivity contribution is -0.147. The fourth-order valence-electron chi connectivity index (χ4n) is 6.24. The van der Waals surface area contributed by atoms with E-state index in [4.69, 9.17) is 25.2 Å². The monoisotopic (exact) mass is 624 g/mol. The number of esters is 1. The molecule has 244 valence electrons. The van der Waals surface area contributed by atoms with Gasteiger partial charge in [-0.2, -0.15) is 0 Å². The number of nitrogens with one attached hydrogen (secondary N) is 1. The molecule has 1 aliphatic carbocycles. The number of likely N-dealkylation sites (N-methyl/N-ethyl adjacent to an activating group) is 1. The maximum absolute atomic E-state index is 13.0. The van der Waals surface area contributed by atoms with E-state index in [0.29, 0.717) is 0 Å². The van der Waals surface area contributed by atoms with Crippen molar-refractivity contribution in [3.05, 3.63) is 70.2 Å². The van der Waals surface area contributed by atoms with Gasteiger partial charge in [0.1, 0.15) is 6.10 Å². The van der Waals surface area contributed by atoms with Crippen molar-refractivity contribution in [3.63, 3.8) is 0 Å². The molecule has 3 atom stereocenters. The Labute approximate surface area is 263 Å². The van der Waals surface area contributed by atoms with Gasteiger partial charge in [-0.25, -0.2) is 4.79 Å². The van der Waals surface area contributed by atoms with Gasteiger partial charge in [-0.05, 0) is 80.3 Å². The van der Waals surface area contributed by atoms with Crippen molar-refractivity contribution in [2.75, 3.05) is 75.9 Å². The lowest BCUT2D eigenvalue weighted by atomic mass is 9.84. The molecule has 4 aliphatic rings.